The first-order valence-electron chi connectivity index (χ1n) is 12.0. The molecule has 0 radical (unpaired) electrons. The Morgan fingerprint density at radius 2 is 1.09 bits per heavy atom. The number of primary amides is 1. The van der Waals surface area contributed by atoms with E-state index in [9.17, 15) is 4.79 Å². The monoisotopic (exact) mass is 453 g/mol. The Balaban J connectivity index is 1.78. The molecule has 2 N–H and O–H groups in total. The maximum atomic E-state index is 15.1. The van der Waals surface area contributed by atoms with E-state index < -0.39 is 22.7 Å². The molecule has 2 bridgehead atoms. The first kappa shape index (κ1) is 20.2. The quantitative estimate of drug-likeness (QED) is 0.359. The fourth-order valence-corrected chi connectivity index (χ4v) is 7.15. The molecule has 7 rings (SSSR count). The molecule has 35 heavy (non-hydrogen) atoms. The molecule has 1 fully saturated rings. The zero-order valence-electron chi connectivity index (χ0n) is 19.1. The fraction of sp³-hybridized carbons (Fsp3) is 0.125. The van der Waals surface area contributed by atoms with Crippen LogP contribution in [0.15, 0.2) is 109 Å². The van der Waals surface area contributed by atoms with Gasteiger partial charge in [0.05, 0.1) is 16.7 Å². The summed E-state index contributed by atoms with van der Waals surface area (Å²) in [6, 6.07) is 36.3. The molecule has 3 heteroatoms. The molecule has 2 aliphatic rings. The molecule has 5 aromatic rings. The lowest BCUT2D eigenvalue weighted by Crippen LogP contribution is -2.43. The Hall–Kier alpha value is -4.24. The van der Waals surface area contributed by atoms with Crippen molar-refractivity contribution in [3.8, 4) is 0 Å². The normalized spacial score (nSPS) is 24.7. The topological polar surface area (TPSA) is 60.2 Å². The third-order valence-corrected chi connectivity index (χ3v) is 8.37. The van der Waals surface area contributed by atoms with E-state index in [2.05, 4.69) is 24.3 Å². The lowest BCUT2D eigenvalue weighted by atomic mass is 9.63. The number of benzene rings is 5. The van der Waals surface area contributed by atoms with E-state index in [1.807, 2.05) is 84.9 Å². The van der Waals surface area contributed by atoms with Crippen LogP contribution in [0.4, 0.5) is 0 Å². The lowest BCUT2D eigenvalue weighted by Gasteiger charge is -2.37. The number of Topliss-reactive ketones (excluding diaryl/α,β-unsaturated/α-hetero) is 1. The SMILES string of the molecule is NC(=O)[C@H]1C[C@]2(c3ccccc3)C(=O)[C@@]1(c1ccccc1)c1c2c2ccccc2c2ccccc12. The van der Waals surface area contributed by atoms with Crippen molar-refractivity contribution in [3.05, 3.63) is 131 Å². The van der Waals surface area contributed by atoms with E-state index in [0.29, 0.717) is 6.42 Å². The maximum absolute atomic E-state index is 15.1. The van der Waals surface area contributed by atoms with Gasteiger partial charge in [0, 0.05) is 0 Å². The highest BCUT2D eigenvalue weighted by atomic mass is 16.2. The Morgan fingerprint density at radius 3 is 1.63 bits per heavy atom. The predicted molar refractivity (Wildman–Crippen MR) is 138 cm³/mol. The van der Waals surface area contributed by atoms with Crippen LogP contribution in [-0.2, 0) is 20.4 Å². The van der Waals surface area contributed by atoms with E-state index in [4.69, 9.17) is 5.73 Å². The van der Waals surface area contributed by atoms with Crippen LogP contribution in [0.25, 0.3) is 21.5 Å². The average molecular weight is 454 g/mol. The van der Waals surface area contributed by atoms with E-state index in [-0.39, 0.29) is 5.78 Å². The molecule has 1 amide bonds. The van der Waals surface area contributed by atoms with Crippen molar-refractivity contribution in [2.75, 3.05) is 0 Å². The van der Waals surface area contributed by atoms with Crippen molar-refractivity contribution in [3.63, 3.8) is 0 Å². The van der Waals surface area contributed by atoms with Crippen LogP contribution in [-0.4, -0.2) is 11.7 Å². The van der Waals surface area contributed by atoms with Gasteiger partial charge in [-0.2, -0.15) is 0 Å². The molecule has 0 saturated heterocycles. The minimum absolute atomic E-state index is 0.0581. The van der Waals surface area contributed by atoms with Crippen molar-refractivity contribution in [1.82, 2.24) is 0 Å². The van der Waals surface area contributed by atoms with Gasteiger partial charge in [0.15, 0.2) is 5.78 Å². The highest BCUT2D eigenvalue weighted by molar-refractivity contribution is 6.24. The van der Waals surface area contributed by atoms with E-state index in [1.54, 1.807) is 0 Å². The molecule has 1 saturated carbocycles. The smallest absolute Gasteiger partial charge is 0.222 e. The summed E-state index contributed by atoms with van der Waals surface area (Å²) in [5.74, 6) is -1.01. The van der Waals surface area contributed by atoms with Crippen LogP contribution in [0, 0.1) is 5.92 Å². The number of carbonyl (C=O) groups is 2. The van der Waals surface area contributed by atoms with Crippen molar-refractivity contribution < 1.29 is 9.59 Å². The molecule has 0 spiro atoms. The largest absolute Gasteiger partial charge is 0.369 e. The second-order valence-electron chi connectivity index (χ2n) is 9.77. The molecule has 3 nitrogen and oxygen atoms in total. The summed E-state index contributed by atoms with van der Waals surface area (Å²) in [7, 11) is 0. The molecule has 5 aromatic carbocycles. The minimum Gasteiger partial charge on any atom is -0.369 e. The molecular weight excluding hydrogens is 430 g/mol. The second kappa shape index (κ2) is 6.89. The molecule has 3 atom stereocenters. The molecule has 168 valence electrons. The lowest BCUT2D eigenvalue weighted by molar-refractivity contribution is -0.128. The number of ketones is 1. The molecule has 2 aliphatic carbocycles. The number of carbonyl (C=O) groups excluding carboxylic acids is 2. The molecule has 0 unspecified atom stereocenters. The third-order valence-electron chi connectivity index (χ3n) is 8.37. The Labute approximate surface area is 203 Å². The zero-order chi connectivity index (χ0) is 23.8. The van der Waals surface area contributed by atoms with Crippen molar-refractivity contribution in [1.29, 1.82) is 0 Å². The van der Waals surface area contributed by atoms with Crippen LogP contribution in [0.2, 0.25) is 0 Å². The van der Waals surface area contributed by atoms with Crippen molar-refractivity contribution in [2.24, 2.45) is 11.7 Å². The van der Waals surface area contributed by atoms with Crippen LogP contribution < -0.4 is 5.73 Å². The molecular formula is C32H23NO2. The third kappa shape index (κ3) is 2.26. The minimum atomic E-state index is -1.14. The average Bonchev–Trinajstić information content (AvgIpc) is 3.32. The molecule has 0 aromatic heterocycles. The van der Waals surface area contributed by atoms with Gasteiger partial charge in [-0.05, 0) is 50.2 Å². The van der Waals surface area contributed by atoms with E-state index >= 15 is 4.79 Å². The van der Waals surface area contributed by atoms with Gasteiger partial charge in [-0.15, -0.1) is 0 Å². The summed E-state index contributed by atoms with van der Waals surface area (Å²) in [6.07, 6.45) is 0.370. The van der Waals surface area contributed by atoms with Gasteiger partial charge in [0.25, 0.3) is 0 Å². The summed E-state index contributed by atoms with van der Waals surface area (Å²) in [4.78, 5) is 28.2. The van der Waals surface area contributed by atoms with Gasteiger partial charge < -0.3 is 5.73 Å². The number of nitrogens with two attached hydrogens (primary N) is 1. The number of hydrogen-bond acceptors (Lipinski definition) is 2. The summed E-state index contributed by atoms with van der Waals surface area (Å²) in [5.41, 5.74) is 7.78. The van der Waals surface area contributed by atoms with Crippen LogP contribution in [0.1, 0.15) is 28.7 Å². The number of amides is 1. The molecule has 0 heterocycles. The summed E-state index contributed by atoms with van der Waals surface area (Å²) < 4.78 is 0. The number of rotatable bonds is 3. The Bertz CT molecular complexity index is 1670. The Morgan fingerprint density at radius 1 is 0.629 bits per heavy atom. The number of fused-ring (bicyclic) bond motifs is 10. The number of hydrogen-bond donors (Lipinski definition) is 1. The summed E-state index contributed by atoms with van der Waals surface area (Å²) in [6.45, 7) is 0. The summed E-state index contributed by atoms with van der Waals surface area (Å²) in [5, 5.41) is 4.29. The first-order chi connectivity index (χ1) is 17.1. The van der Waals surface area contributed by atoms with Gasteiger partial charge in [0.2, 0.25) is 5.91 Å². The second-order valence-corrected chi connectivity index (χ2v) is 9.77. The van der Waals surface area contributed by atoms with Crippen LogP contribution >= 0.6 is 0 Å². The fourth-order valence-electron chi connectivity index (χ4n) is 7.15. The zero-order valence-corrected chi connectivity index (χ0v) is 19.1. The van der Waals surface area contributed by atoms with Gasteiger partial charge in [0.1, 0.15) is 0 Å². The van der Waals surface area contributed by atoms with Crippen molar-refractivity contribution in [2.45, 2.75) is 17.3 Å². The van der Waals surface area contributed by atoms with Gasteiger partial charge in [-0.1, -0.05) is 109 Å². The van der Waals surface area contributed by atoms with Gasteiger partial charge in [-0.25, -0.2) is 0 Å². The molecule has 0 aliphatic heterocycles. The standard InChI is InChI=1S/C32H23NO2/c33-29(34)26-19-31(20-11-3-1-4-12-20)27-24-17-9-7-15-22(24)23-16-8-10-18-25(23)28(27)32(26,30(31)35)21-13-5-2-6-14-21/h1-18,26H,19H2,(H2,33,34)/t26-,31-,32-/m1/s1. The van der Waals surface area contributed by atoms with Crippen LogP contribution in [0.3, 0.4) is 0 Å². The highest BCUT2D eigenvalue weighted by Gasteiger charge is 2.73. The highest BCUT2D eigenvalue weighted by Crippen LogP contribution is 2.68. The van der Waals surface area contributed by atoms with Crippen molar-refractivity contribution >= 4 is 33.2 Å². The predicted octanol–water partition coefficient (Wildman–Crippen LogP) is 5.65. The Kier molecular flexibility index (Phi) is 3.97. The van der Waals surface area contributed by atoms with Gasteiger partial charge >= 0.3 is 0 Å². The summed E-state index contributed by atoms with van der Waals surface area (Å²) >= 11 is 0. The van der Waals surface area contributed by atoms with E-state index in [0.717, 1.165) is 43.8 Å². The van der Waals surface area contributed by atoms with Gasteiger partial charge in [-0.3, -0.25) is 9.59 Å². The van der Waals surface area contributed by atoms with E-state index in [1.165, 1.54) is 0 Å². The maximum Gasteiger partial charge on any atom is 0.222 e. The first-order valence-corrected chi connectivity index (χ1v) is 12.0. The van der Waals surface area contributed by atoms with Crippen LogP contribution in [0.5, 0.6) is 0 Å².